The standard InChI is InChI=1S/C29H32ClF2N7O2/c1-36(11-12-37-13-15-39(2,3)16-14-37)29(40)20-6-5-19(17-22(20)30)35-27-28-34-18-23(38(28)10-9-33-27)21-7-8-24(41-4)26(32)25(21)31/h5-10,17-18H,11-16H2,1-4H3/p+1. The first-order valence-corrected chi connectivity index (χ1v) is 13.7. The number of ether oxygens (including phenoxy) is 1. The number of anilines is 2. The molecule has 12 heteroatoms. The number of quaternary nitrogens is 1. The van der Waals surface area contributed by atoms with Crippen molar-refractivity contribution in [1.82, 2.24) is 24.2 Å². The van der Waals surface area contributed by atoms with Crippen LogP contribution in [0.15, 0.2) is 48.9 Å². The number of hydrogen-bond donors (Lipinski definition) is 1. The Balaban J connectivity index is 1.29. The van der Waals surface area contributed by atoms with Gasteiger partial charge in [0, 0.05) is 56.9 Å². The van der Waals surface area contributed by atoms with Crippen molar-refractivity contribution in [2.45, 2.75) is 0 Å². The summed E-state index contributed by atoms with van der Waals surface area (Å²) in [6.45, 7) is 5.64. The quantitative estimate of drug-likeness (QED) is 0.307. The molecule has 2 aromatic carbocycles. The molecule has 0 bridgehead atoms. The fourth-order valence-electron chi connectivity index (χ4n) is 4.87. The lowest BCUT2D eigenvalue weighted by Crippen LogP contribution is -2.55. The third-order valence-electron chi connectivity index (χ3n) is 7.57. The van der Waals surface area contributed by atoms with E-state index in [-0.39, 0.29) is 17.2 Å². The van der Waals surface area contributed by atoms with Crippen molar-refractivity contribution >= 4 is 34.7 Å². The minimum absolute atomic E-state index is 0.0336. The van der Waals surface area contributed by atoms with Gasteiger partial charge in [-0.15, -0.1) is 0 Å². The average Bonchev–Trinajstić information content (AvgIpc) is 3.38. The molecule has 0 aliphatic carbocycles. The van der Waals surface area contributed by atoms with Crippen LogP contribution in [-0.4, -0.2) is 102 Å². The first-order chi connectivity index (χ1) is 19.6. The van der Waals surface area contributed by atoms with E-state index >= 15 is 0 Å². The fraction of sp³-hybridized carbons (Fsp3) is 0.345. The van der Waals surface area contributed by atoms with Gasteiger partial charge in [0.25, 0.3) is 5.91 Å². The van der Waals surface area contributed by atoms with Crippen LogP contribution in [0.4, 0.5) is 20.3 Å². The largest absolute Gasteiger partial charge is 0.494 e. The van der Waals surface area contributed by atoms with Crippen LogP contribution < -0.4 is 10.1 Å². The Kier molecular flexibility index (Phi) is 8.12. The number of imidazole rings is 1. The molecule has 1 amide bonds. The minimum Gasteiger partial charge on any atom is -0.494 e. The third kappa shape index (κ3) is 5.97. The fourth-order valence-corrected chi connectivity index (χ4v) is 5.13. The topological polar surface area (TPSA) is 75.0 Å². The van der Waals surface area contributed by atoms with Gasteiger partial charge in [0.1, 0.15) is 0 Å². The van der Waals surface area contributed by atoms with Gasteiger partial charge in [-0.25, -0.2) is 14.4 Å². The molecule has 4 aromatic rings. The molecule has 0 spiro atoms. The van der Waals surface area contributed by atoms with E-state index in [4.69, 9.17) is 16.3 Å². The zero-order valence-corrected chi connectivity index (χ0v) is 24.3. The Hall–Kier alpha value is -3.80. The number of halogens is 3. The summed E-state index contributed by atoms with van der Waals surface area (Å²) in [7, 11) is 7.54. The zero-order chi connectivity index (χ0) is 29.3. The van der Waals surface area contributed by atoms with E-state index in [9.17, 15) is 13.6 Å². The van der Waals surface area contributed by atoms with Gasteiger partial charge in [-0.05, 0) is 30.3 Å². The zero-order valence-electron chi connectivity index (χ0n) is 23.5. The highest BCUT2D eigenvalue weighted by Crippen LogP contribution is 2.32. The first kappa shape index (κ1) is 28.7. The summed E-state index contributed by atoms with van der Waals surface area (Å²) in [5, 5.41) is 3.47. The van der Waals surface area contributed by atoms with Gasteiger partial charge >= 0.3 is 0 Å². The van der Waals surface area contributed by atoms with Gasteiger partial charge < -0.3 is 19.4 Å². The van der Waals surface area contributed by atoms with Crippen LogP contribution in [0.3, 0.4) is 0 Å². The van der Waals surface area contributed by atoms with Crippen LogP contribution in [0.25, 0.3) is 16.9 Å². The van der Waals surface area contributed by atoms with Gasteiger partial charge in [-0.1, -0.05) is 11.6 Å². The lowest BCUT2D eigenvalue weighted by Gasteiger charge is -2.39. The molecule has 2 aromatic heterocycles. The SMILES string of the molecule is COc1ccc(-c2cnc3c(Nc4ccc(C(=O)N(C)CCN5CC[N+](C)(C)CC5)c(Cl)c4)nccn23)c(F)c1F. The summed E-state index contributed by atoms with van der Waals surface area (Å²) in [6.07, 6.45) is 4.58. The third-order valence-corrected chi connectivity index (χ3v) is 7.89. The van der Waals surface area contributed by atoms with Crippen molar-refractivity contribution in [1.29, 1.82) is 0 Å². The molecule has 41 heavy (non-hydrogen) atoms. The Bertz CT molecular complexity index is 1580. The predicted molar refractivity (Wildman–Crippen MR) is 155 cm³/mol. The number of amides is 1. The van der Waals surface area contributed by atoms with Gasteiger partial charge in [-0.2, -0.15) is 4.39 Å². The first-order valence-electron chi connectivity index (χ1n) is 13.3. The van der Waals surface area contributed by atoms with Crippen LogP contribution in [-0.2, 0) is 0 Å². The molecule has 0 atom stereocenters. The van der Waals surface area contributed by atoms with Crippen molar-refractivity contribution in [3.8, 4) is 17.0 Å². The molecular weight excluding hydrogens is 552 g/mol. The summed E-state index contributed by atoms with van der Waals surface area (Å²) < 4.78 is 36.6. The number of rotatable bonds is 8. The number of nitrogens with one attached hydrogen (secondary N) is 1. The Labute approximate surface area is 242 Å². The second-order valence-electron chi connectivity index (χ2n) is 10.8. The van der Waals surface area contributed by atoms with E-state index in [0.29, 0.717) is 40.0 Å². The van der Waals surface area contributed by atoms with Crippen LogP contribution in [0.2, 0.25) is 5.02 Å². The number of nitrogens with zero attached hydrogens (tertiary/aromatic N) is 6. The molecule has 0 saturated carbocycles. The highest BCUT2D eigenvalue weighted by molar-refractivity contribution is 6.34. The van der Waals surface area contributed by atoms with E-state index in [1.165, 1.54) is 31.6 Å². The Morgan fingerprint density at radius 3 is 2.61 bits per heavy atom. The summed E-state index contributed by atoms with van der Waals surface area (Å²) in [4.78, 5) is 25.9. The summed E-state index contributed by atoms with van der Waals surface area (Å²) in [5.41, 5.74) is 1.77. The van der Waals surface area contributed by atoms with Crippen LogP contribution >= 0.6 is 11.6 Å². The molecule has 0 radical (unpaired) electrons. The van der Waals surface area contributed by atoms with Gasteiger partial charge in [0.15, 0.2) is 23.0 Å². The summed E-state index contributed by atoms with van der Waals surface area (Å²) in [5.74, 6) is -2.06. The molecule has 5 rings (SSSR count). The molecule has 9 nitrogen and oxygen atoms in total. The number of hydrogen-bond acceptors (Lipinski definition) is 6. The van der Waals surface area contributed by atoms with Crippen LogP contribution in [0.1, 0.15) is 10.4 Å². The van der Waals surface area contributed by atoms with Gasteiger partial charge in [-0.3, -0.25) is 14.1 Å². The average molecular weight is 585 g/mol. The lowest BCUT2D eigenvalue weighted by molar-refractivity contribution is -0.894. The second-order valence-corrected chi connectivity index (χ2v) is 11.2. The molecular formula is C29H33ClF2N7O2+. The van der Waals surface area contributed by atoms with Crippen molar-refractivity contribution in [3.05, 3.63) is 71.1 Å². The molecule has 1 N–H and O–H groups in total. The van der Waals surface area contributed by atoms with Crippen LogP contribution in [0, 0.1) is 11.6 Å². The number of carbonyl (C=O) groups is 1. The van der Waals surface area contributed by atoms with E-state index in [2.05, 4.69) is 34.3 Å². The van der Waals surface area contributed by atoms with Crippen molar-refractivity contribution < 1.29 is 22.8 Å². The maximum Gasteiger partial charge on any atom is 0.255 e. The molecule has 1 aliphatic rings. The predicted octanol–water partition coefficient (Wildman–Crippen LogP) is 4.54. The molecule has 1 saturated heterocycles. The maximum atomic E-state index is 14.8. The minimum atomic E-state index is -1.07. The van der Waals surface area contributed by atoms with Crippen molar-refractivity contribution in [2.75, 3.05) is 72.8 Å². The normalized spacial score (nSPS) is 15.2. The van der Waals surface area contributed by atoms with Crippen molar-refractivity contribution in [3.63, 3.8) is 0 Å². The van der Waals surface area contributed by atoms with Crippen molar-refractivity contribution in [2.24, 2.45) is 0 Å². The molecule has 3 heterocycles. The number of benzene rings is 2. The number of carbonyl (C=O) groups excluding carboxylic acids is 1. The molecule has 1 aliphatic heterocycles. The number of likely N-dealkylation sites (N-methyl/N-ethyl adjacent to an activating group) is 2. The van der Waals surface area contributed by atoms with E-state index in [0.717, 1.165) is 37.2 Å². The Morgan fingerprint density at radius 2 is 1.90 bits per heavy atom. The van der Waals surface area contributed by atoms with E-state index < -0.39 is 11.6 Å². The van der Waals surface area contributed by atoms with Gasteiger partial charge in [0.2, 0.25) is 5.82 Å². The highest BCUT2D eigenvalue weighted by atomic mass is 35.5. The second kappa shape index (κ2) is 11.6. The lowest BCUT2D eigenvalue weighted by atomic mass is 10.1. The Morgan fingerprint density at radius 1 is 1.15 bits per heavy atom. The molecule has 0 unspecified atom stereocenters. The number of aromatic nitrogens is 3. The van der Waals surface area contributed by atoms with E-state index in [1.807, 2.05) is 0 Å². The molecule has 1 fully saturated rings. The van der Waals surface area contributed by atoms with Gasteiger partial charge in [0.05, 0.1) is 56.8 Å². The smallest absolute Gasteiger partial charge is 0.255 e. The molecule has 216 valence electrons. The number of methoxy groups -OCH3 is 1. The number of piperazine rings is 1. The summed E-state index contributed by atoms with van der Waals surface area (Å²) >= 11 is 6.55. The maximum absolute atomic E-state index is 14.8. The van der Waals surface area contributed by atoms with E-state index in [1.54, 1.807) is 40.7 Å². The van der Waals surface area contributed by atoms with Crippen LogP contribution in [0.5, 0.6) is 5.75 Å². The number of fused-ring (bicyclic) bond motifs is 1. The summed E-state index contributed by atoms with van der Waals surface area (Å²) in [6, 6.07) is 7.87. The highest BCUT2D eigenvalue weighted by Gasteiger charge is 2.25. The monoisotopic (exact) mass is 584 g/mol.